The minimum atomic E-state index is -0.171. The SMILES string of the molecule is Fc1ccc(Br)cc1N1CCOCC1. The first-order valence-corrected chi connectivity index (χ1v) is 5.34. The number of nitrogens with zero attached hydrogens (tertiary/aromatic N) is 1. The van der Waals surface area contributed by atoms with Crippen molar-refractivity contribution in [3.05, 3.63) is 28.5 Å². The monoisotopic (exact) mass is 259 g/mol. The molecule has 2 nitrogen and oxygen atoms in total. The van der Waals surface area contributed by atoms with E-state index in [-0.39, 0.29) is 5.82 Å². The number of hydrogen-bond acceptors (Lipinski definition) is 2. The lowest BCUT2D eigenvalue weighted by atomic mass is 10.2. The number of rotatable bonds is 1. The Hall–Kier alpha value is -0.610. The molecule has 0 aromatic heterocycles. The van der Waals surface area contributed by atoms with Gasteiger partial charge in [0.1, 0.15) is 5.82 Å². The van der Waals surface area contributed by atoms with Crippen LogP contribution in [0.2, 0.25) is 0 Å². The van der Waals surface area contributed by atoms with Crippen LogP contribution >= 0.6 is 15.9 Å². The molecule has 0 aliphatic carbocycles. The molecule has 0 unspecified atom stereocenters. The first-order chi connectivity index (χ1) is 6.77. The van der Waals surface area contributed by atoms with Gasteiger partial charge in [-0.1, -0.05) is 15.9 Å². The van der Waals surface area contributed by atoms with Gasteiger partial charge in [0.15, 0.2) is 0 Å². The molecule has 0 N–H and O–H groups in total. The molecule has 1 saturated heterocycles. The molecule has 0 saturated carbocycles. The molecule has 76 valence electrons. The van der Waals surface area contributed by atoms with E-state index in [1.54, 1.807) is 12.1 Å². The summed E-state index contributed by atoms with van der Waals surface area (Å²) in [4.78, 5) is 2.00. The van der Waals surface area contributed by atoms with E-state index >= 15 is 0 Å². The Balaban J connectivity index is 2.24. The quantitative estimate of drug-likeness (QED) is 0.768. The van der Waals surface area contributed by atoms with Gasteiger partial charge in [-0.3, -0.25) is 0 Å². The number of hydrogen-bond donors (Lipinski definition) is 0. The van der Waals surface area contributed by atoms with E-state index in [0.29, 0.717) is 18.9 Å². The molecule has 1 aromatic carbocycles. The molecule has 1 aromatic rings. The van der Waals surface area contributed by atoms with Gasteiger partial charge in [-0.2, -0.15) is 0 Å². The van der Waals surface area contributed by atoms with E-state index < -0.39 is 0 Å². The number of anilines is 1. The molecule has 4 heteroatoms. The van der Waals surface area contributed by atoms with Crippen LogP contribution in [-0.2, 0) is 4.74 Å². The van der Waals surface area contributed by atoms with Gasteiger partial charge in [0.2, 0.25) is 0 Å². The second kappa shape index (κ2) is 4.28. The van der Waals surface area contributed by atoms with Gasteiger partial charge in [0.25, 0.3) is 0 Å². The second-order valence-electron chi connectivity index (χ2n) is 3.20. The first-order valence-electron chi connectivity index (χ1n) is 4.55. The predicted molar refractivity (Wildman–Crippen MR) is 57.1 cm³/mol. The maximum Gasteiger partial charge on any atom is 0.146 e. The van der Waals surface area contributed by atoms with Crippen LogP contribution in [0.5, 0.6) is 0 Å². The highest BCUT2D eigenvalue weighted by molar-refractivity contribution is 9.10. The van der Waals surface area contributed by atoms with Gasteiger partial charge in [-0.05, 0) is 18.2 Å². The predicted octanol–water partition coefficient (Wildman–Crippen LogP) is 2.42. The lowest BCUT2D eigenvalue weighted by molar-refractivity contribution is 0.122. The minimum Gasteiger partial charge on any atom is -0.378 e. The maximum atomic E-state index is 13.5. The molecule has 1 aliphatic rings. The van der Waals surface area contributed by atoms with Crippen molar-refractivity contribution in [1.82, 2.24) is 0 Å². The molecule has 2 rings (SSSR count). The molecule has 1 aliphatic heterocycles. The van der Waals surface area contributed by atoms with Gasteiger partial charge in [-0.15, -0.1) is 0 Å². The molecular formula is C10H11BrFNO. The van der Waals surface area contributed by atoms with Crippen molar-refractivity contribution in [3.8, 4) is 0 Å². The standard InChI is InChI=1S/C10H11BrFNO/c11-8-1-2-9(12)10(7-8)13-3-5-14-6-4-13/h1-2,7H,3-6H2. The summed E-state index contributed by atoms with van der Waals surface area (Å²) in [5.41, 5.74) is 0.655. The molecule has 0 atom stereocenters. The molecule has 0 spiro atoms. The molecular weight excluding hydrogens is 249 g/mol. The van der Waals surface area contributed by atoms with Gasteiger partial charge < -0.3 is 9.64 Å². The number of benzene rings is 1. The zero-order valence-corrected chi connectivity index (χ0v) is 9.26. The fourth-order valence-electron chi connectivity index (χ4n) is 1.53. The number of morpholine rings is 1. The third kappa shape index (κ3) is 2.07. The summed E-state index contributed by atoms with van der Waals surface area (Å²) in [7, 11) is 0. The summed E-state index contributed by atoms with van der Waals surface area (Å²) in [6.45, 7) is 2.86. The Kier molecular flexibility index (Phi) is 3.03. The molecule has 14 heavy (non-hydrogen) atoms. The normalized spacial score (nSPS) is 17.1. The van der Waals surface area contributed by atoms with Crippen LogP contribution in [0.25, 0.3) is 0 Å². The third-order valence-corrected chi connectivity index (χ3v) is 2.75. The van der Waals surface area contributed by atoms with Crippen molar-refractivity contribution in [2.45, 2.75) is 0 Å². The summed E-state index contributed by atoms with van der Waals surface area (Å²) in [5.74, 6) is -0.171. The fourth-order valence-corrected chi connectivity index (χ4v) is 1.88. The van der Waals surface area contributed by atoms with Crippen LogP contribution in [0.4, 0.5) is 10.1 Å². The molecule has 1 heterocycles. The highest BCUT2D eigenvalue weighted by Gasteiger charge is 2.14. The zero-order valence-electron chi connectivity index (χ0n) is 7.67. The smallest absolute Gasteiger partial charge is 0.146 e. The summed E-state index contributed by atoms with van der Waals surface area (Å²) >= 11 is 3.34. The Morgan fingerprint density at radius 1 is 1.29 bits per heavy atom. The highest BCUT2D eigenvalue weighted by atomic mass is 79.9. The fraction of sp³-hybridized carbons (Fsp3) is 0.400. The van der Waals surface area contributed by atoms with Crippen molar-refractivity contribution in [2.24, 2.45) is 0 Å². The number of ether oxygens (including phenoxy) is 1. The van der Waals surface area contributed by atoms with Gasteiger partial charge in [-0.25, -0.2) is 4.39 Å². The summed E-state index contributed by atoms with van der Waals surface area (Å²) in [6.07, 6.45) is 0. The van der Waals surface area contributed by atoms with E-state index in [4.69, 9.17) is 4.74 Å². The van der Waals surface area contributed by atoms with E-state index in [0.717, 1.165) is 17.6 Å². The summed E-state index contributed by atoms with van der Waals surface area (Å²) in [5, 5.41) is 0. The number of halogens is 2. The lowest BCUT2D eigenvalue weighted by Gasteiger charge is -2.29. The maximum absolute atomic E-state index is 13.5. The molecule has 0 radical (unpaired) electrons. The van der Waals surface area contributed by atoms with E-state index in [9.17, 15) is 4.39 Å². The lowest BCUT2D eigenvalue weighted by Crippen LogP contribution is -2.36. The Morgan fingerprint density at radius 2 is 2.00 bits per heavy atom. The summed E-state index contributed by atoms with van der Waals surface area (Å²) < 4.78 is 19.6. The van der Waals surface area contributed by atoms with Crippen molar-refractivity contribution in [3.63, 3.8) is 0 Å². The van der Waals surface area contributed by atoms with Crippen LogP contribution in [0, 0.1) is 5.82 Å². The van der Waals surface area contributed by atoms with Crippen molar-refractivity contribution in [2.75, 3.05) is 31.2 Å². The molecule has 0 amide bonds. The Bertz CT molecular complexity index is 326. The largest absolute Gasteiger partial charge is 0.378 e. The van der Waals surface area contributed by atoms with Gasteiger partial charge in [0.05, 0.1) is 18.9 Å². The average molecular weight is 260 g/mol. The second-order valence-corrected chi connectivity index (χ2v) is 4.11. The van der Waals surface area contributed by atoms with Gasteiger partial charge in [0, 0.05) is 17.6 Å². The molecule has 1 fully saturated rings. The van der Waals surface area contributed by atoms with E-state index in [2.05, 4.69) is 15.9 Å². The minimum absolute atomic E-state index is 0.171. The van der Waals surface area contributed by atoms with E-state index in [1.807, 2.05) is 4.90 Å². The van der Waals surface area contributed by atoms with Crippen LogP contribution in [0.1, 0.15) is 0 Å². The van der Waals surface area contributed by atoms with Crippen LogP contribution < -0.4 is 4.90 Å². The van der Waals surface area contributed by atoms with E-state index in [1.165, 1.54) is 6.07 Å². The van der Waals surface area contributed by atoms with Crippen molar-refractivity contribution in [1.29, 1.82) is 0 Å². The topological polar surface area (TPSA) is 12.5 Å². The summed E-state index contributed by atoms with van der Waals surface area (Å²) in [6, 6.07) is 4.99. The zero-order chi connectivity index (χ0) is 9.97. The average Bonchev–Trinajstić information content (AvgIpc) is 2.23. The molecule has 0 bridgehead atoms. The van der Waals surface area contributed by atoms with Crippen molar-refractivity contribution >= 4 is 21.6 Å². The Morgan fingerprint density at radius 3 is 2.71 bits per heavy atom. The first kappa shape index (κ1) is 9.93. The van der Waals surface area contributed by atoms with Crippen molar-refractivity contribution < 1.29 is 9.13 Å². The van der Waals surface area contributed by atoms with Crippen LogP contribution in [0.15, 0.2) is 22.7 Å². The Labute approximate surface area is 90.8 Å². The van der Waals surface area contributed by atoms with Gasteiger partial charge >= 0.3 is 0 Å². The van der Waals surface area contributed by atoms with Crippen LogP contribution in [0.3, 0.4) is 0 Å². The third-order valence-electron chi connectivity index (χ3n) is 2.26. The highest BCUT2D eigenvalue weighted by Crippen LogP contribution is 2.24. The van der Waals surface area contributed by atoms with Crippen LogP contribution in [-0.4, -0.2) is 26.3 Å².